The number of nitrogens with one attached hydrogen (secondary N) is 2. The van der Waals surface area contributed by atoms with Gasteiger partial charge in [-0.15, -0.1) is 0 Å². The van der Waals surface area contributed by atoms with E-state index in [1.807, 2.05) is 18.2 Å². The molecule has 0 unspecified atom stereocenters. The van der Waals surface area contributed by atoms with Crippen LogP contribution in [0.15, 0.2) is 48.8 Å². The summed E-state index contributed by atoms with van der Waals surface area (Å²) < 4.78 is 5.42. The molecule has 4 N–H and O–H groups in total. The van der Waals surface area contributed by atoms with Gasteiger partial charge in [-0.2, -0.15) is 0 Å². The van der Waals surface area contributed by atoms with Crippen molar-refractivity contribution in [2.75, 3.05) is 26.7 Å². The van der Waals surface area contributed by atoms with Crippen LogP contribution in [-0.2, 0) is 6.42 Å². The van der Waals surface area contributed by atoms with Gasteiger partial charge in [-0.05, 0) is 98.8 Å². The minimum Gasteiger partial charge on any atom is -0.497 e. The molecule has 1 fully saturated rings. The number of aromatic nitrogens is 2. The lowest BCUT2D eigenvalue weighted by Crippen LogP contribution is -2.33. The first-order valence-electron chi connectivity index (χ1n) is 11.4. The summed E-state index contributed by atoms with van der Waals surface area (Å²) in [5, 5.41) is 2.40. The molecule has 0 aliphatic carbocycles. The number of H-pyrrole nitrogens is 2. The van der Waals surface area contributed by atoms with Crippen LogP contribution in [0.25, 0.3) is 21.8 Å². The summed E-state index contributed by atoms with van der Waals surface area (Å²) in [7, 11) is 1.72. The van der Waals surface area contributed by atoms with Crippen LogP contribution in [0.3, 0.4) is 0 Å². The number of benzene rings is 2. The van der Waals surface area contributed by atoms with Crippen molar-refractivity contribution in [1.29, 1.82) is 0 Å². The van der Waals surface area contributed by atoms with E-state index in [1.54, 1.807) is 13.2 Å². The maximum absolute atomic E-state index is 11.5. The first-order chi connectivity index (χ1) is 15.6. The molecule has 5 rings (SSSR count). The summed E-state index contributed by atoms with van der Waals surface area (Å²) in [5.74, 6) is 1.12. The predicted octanol–water partition coefficient (Wildman–Crippen LogP) is 4.57. The molecule has 0 atom stereocenters. The second kappa shape index (κ2) is 8.71. The number of primary amides is 1. The molecule has 1 aliphatic rings. The number of ether oxygens (including phenoxy) is 1. The molecule has 6 nitrogen and oxygen atoms in total. The third-order valence-electron chi connectivity index (χ3n) is 6.92. The van der Waals surface area contributed by atoms with Gasteiger partial charge >= 0.3 is 0 Å². The van der Waals surface area contributed by atoms with Gasteiger partial charge in [0, 0.05) is 39.8 Å². The molecule has 0 saturated carbocycles. The summed E-state index contributed by atoms with van der Waals surface area (Å²) in [6.07, 6.45) is 8.69. The monoisotopic (exact) mass is 430 g/mol. The zero-order valence-electron chi connectivity index (χ0n) is 18.5. The molecule has 32 heavy (non-hydrogen) atoms. The summed E-state index contributed by atoms with van der Waals surface area (Å²) in [4.78, 5) is 20.8. The smallest absolute Gasteiger partial charge is 0.248 e. The quantitative estimate of drug-likeness (QED) is 0.401. The zero-order valence-corrected chi connectivity index (χ0v) is 18.5. The lowest BCUT2D eigenvalue weighted by atomic mass is 9.89. The van der Waals surface area contributed by atoms with Crippen LogP contribution in [0.1, 0.15) is 46.7 Å². The van der Waals surface area contributed by atoms with E-state index in [1.165, 1.54) is 34.9 Å². The maximum Gasteiger partial charge on any atom is 0.248 e. The van der Waals surface area contributed by atoms with E-state index in [0.717, 1.165) is 49.1 Å². The Kier molecular flexibility index (Phi) is 5.62. The van der Waals surface area contributed by atoms with Crippen molar-refractivity contribution in [1.82, 2.24) is 14.9 Å². The largest absolute Gasteiger partial charge is 0.497 e. The third kappa shape index (κ3) is 3.98. The molecular formula is C26H30N4O2. The number of hydrogen-bond donors (Lipinski definition) is 3. The first-order valence-corrected chi connectivity index (χ1v) is 11.4. The van der Waals surface area contributed by atoms with E-state index >= 15 is 0 Å². The van der Waals surface area contributed by atoms with E-state index in [-0.39, 0.29) is 5.91 Å². The minimum absolute atomic E-state index is 0.379. The van der Waals surface area contributed by atoms with E-state index < -0.39 is 0 Å². The fraction of sp³-hybridized carbons (Fsp3) is 0.346. The Bertz CT molecular complexity index is 1250. The van der Waals surface area contributed by atoms with Crippen LogP contribution >= 0.6 is 0 Å². The van der Waals surface area contributed by atoms with Crippen LogP contribution in [0, 0.1) is 0 Å². The van der Waals surface area contributed by atoms with Crippen LogP contribution in [0.2, 0.25) is 0 Å². The molecule has 2 aromatic carbocycles. The van der Waals surface area contributed by atoms with Crippen LogP contribution in [-0.4, -0.2) is 47.5 Å². The number of aryl methyl sites for hydroxylation is 1. The fourth-order valence-electron chi connectivity index (χ4n) is 5.09. The molecular weight excluding hydrogens is 400 g/mol. The second-order valence-electron chi connectivity index (χ2n) is 8.81. The lowest BCUT2D eigenvalue weighted by molar-refractivity contribution is 0.100. The van der Waals surface area contributed by atoms with E-state index in [4.69, 9.17) is 10.5 Å². The Labute approximate surface area is 187 Å². The van der Waals surface area contributed by atoms with Crippen molar-refractivity contribution in [3.05, 3.63) is 65.5 Å². The highest BCUT2D eigenvalue weighted by Gasteiger charge is 2.23. The van der Waals surface area contributed by atoms with Crippen molar-refractivity contribution in [2.45, 2.75) is 31.6 Å². The van der Waals surface area contributed by atoms with Gasteiger partial charge in [0.1, 0.15) is 5.75 Å². The van der Waals surface area contributed by atoms with Crippen LogP contribution in [0.5, 0.6) is 5.75 Å². The summed E-state index contributed by atoms with van der Waals surface area (Å²) >= 11 is 0. The molecule has 4 aromatic rings. The van der Waals surface area contributed by atoms with Crippen LogP contribution in [0.4, 0.5) is 0 Å². The Hall–Kier alpha value is -3.25. The Balaban J connectivity index is 1.17. The average Bonchev–Trinajstić information content (AvgIpc) is 3.43. The predicted molar refractivity (Wildman–Crippen MR) is 128 cm³/mol. The van der Waals surface area contributed by atoms with Crippen molar-refractivity contribution in [3.8, 4) is 5.75 Å². The van der Waals surface area contributed by atoms with Gasteiger partial charge in [-0.3, -0.25) is 4.79 Å². The Morgan fingerprint density at radius 1 is 1.06 bits per heavy atom. The normalized spacial score (nSPS) is 15.5. The number of aromatic amines is 2. The fourth-order valence-corrected chi connectivity index (χ4v) is 5.09. The number of carbonyl (C=O) groups is 1. The molecule has 1 amide bonds. The Morgan fingerprint density at radius 2 is 1.81 bits per heavy atom. The van der Waals surface area contributed by atoms with E-state index in [2.05, 4.69) is 39.4 Å². The summed E-state index contributed by atoms with van der Waals surface area (Å²) in [5.41, 5.74) is 10.9. The van der Waals surface area contributed by atoms with Gasteiger partial charge in [0.25, 0.3) is 0 Å². The molecule has 1 aliphatic heterocycles. The van der Waals surface area contributed by atoms with Gasteiger partial charge in [0.2, 0.25) is 5.91 Å². The summed E-state index contributed by atoms with van der Waals surface area (Å²) in [6.45, 7) is 3.35. The second-order valence-corrected chi connectivity index (χ2v) is 8.81. The topological polar surface area (TPSA) is 87.1 Å². The SMILES string of the molecule is COc1ccc2[nH]cc(C3CCN(CCCc4c[nH]c5ccc(C(N)=O)cc45)CC3)c2c1. The molecule has 6 heteroatoms. The number of likely N-dealkylation sites (tertiary alicyclic amines) is 1. The van der Waals surface area contributed by atoms with E-state index in [0.29, 0.717) is 11.5 Å². The minimum atomic E-state index is -0.379. The molecule has 166 valence electrons. The molecule has 3 heterocycles. The number of nitrogens with two attached hydrogens (primary N) is 1. The number of amides is 1. The zero-order chi connectivity index (χ0) is 22.1. The highest BCUT2D eigenvalue weighted by molar-refractivity contribution is 5.97. The number of methoxy groups -OCH3 is 1. The van der Waals surface area contributed by atoms with Crippen molar-refractivity contribution >= 4 is 27.7 Å². The lowest BCUT2D eigenvalue weighted by Gasteiger charge is -2.32. The number of piperidine rings is 1. The van der Waals surface area contributed by atoms with Gasteiger partial charge in [0.15, 0.2) is 0 Å². The molecule has 2 aromatic heterocycles. The van der Waals surface area contributed by atoms with E-state index in [9.17, 15) is 4.79 Å². The maximum atomic E-state index is 11.5. The molecule has 0 spiro atoms. The summed E-state index contributed by atoms with van der Waals surface area (Å²) in [6, 6.07) is 11.9. The third-order valence-corrected chi connectivity index (χ3v) is 6.92. The number of rotatable bonds is 7. The van der Waals surface area contributed by atoms with Crippen LogP contribution < -0.4 is 10.5 Å². The number of hydrogen-bond acceptors (Lipinski definition) is 3. The number of carbonyl (C=O) groups excluding carboxylic acids is 1. The van der Waals surface area contributed by atoms with Gasteiger partial charge in [0.05, 0.1) is 7.11 Å². The van der Waals surface area contributed by atoms with Crippen molar-refractivity contribution in [2.24, 2.45) is 5.73 Å². The standard InChI is InChI=1S/C26H30N4O2/c1-32-20-5-7-25-22(14-20)23(16-29-25)17-8-11-30(12-9-17)10-2-3-19-15-28-24-6-4-18(26(27)31)13-21(19)24/h4-7,13-17,28-29H,2-3,8-12H2,1H3,(H2,27,31). The van der Waals surface area contributed by atoms with Crippen molar-refractivity contribution in [3.63, 3.8) is 0 Å². The molecule has 0 radical (unpaired) electrons. The van der Waals surface area contributed by atoms with Gasteiger partial charge in [-0.25, -0.2) is 0 Å². The molecule has 0 bridgehead atoms. The Morgan fingerprint density at radius 3 is 2.59 bits per heavy atom. The molecule has 1 saturated heterocycles. The van der Waals surface area contributed by atoms with Crippen molar-refractivity contribution < 1.29 is 9.53 Å². The first kappa shape index (κ1) is 20.6. The van der Waals surface area contributed by atoms with Gasteiger partial charge < -0.3 is 25.3 Å². The highest BCUT2D eigenvalue weighted by atomic mass is 16.5. The highest BCUT2D eigenvalue weighted by Crippen LogP contribution is 2.34. The average molecular weight is 431 g/mol. The number of nitrogens with zero attached hydrogens (tertiary/aromatic N) is 1. The van der Waals surface area contributed by atoms with Gasteiger partial charge in [-0.1, -0.05) is 0 Å². The number of fused-ring (bicyclic) bond motifs is 2.